The molecule has 28 heavy (non-hydrogen) atoms. The maximum absolute atomic E-state index is 12.6. The van der Waals surface area contributed by atoms with Gasteiger partial charge in [0.15, 0.2) is 0 Å². The van der Waals surface area contributed by atoms with Gasteiger partial charge < -0.3 is 14.1 Å². The van der Waals surface area contributed by atoms with E-state index in [0.717, 1.165) is 0 Å². The van der Waals surface area contributed by atoms with Gasteiger partial charge in [-0.25, -0.2) is 0 Å². The summed E-state index contributed by atoms with van der Waals surface area (Å²) in [7, 11) is 0. The van der Waals surface area contributed by atoms with Gasteiger partial charge in [0.2, 0.25) is 0 Å². The van der Waals surface area contributed by atoms with Gasteiger partial charge in [-0.15, -0.1) is 12.6 Å². The Bertz CT molecular complexity index is 953. The number of amides is 1. The molecule has 2 aromatic rings. The van der Waals surface area contributed by atoms with Gasteiger partial charge in [-0.1, -0.05) is 23.9 Å². The minimum absolute atomic E-state index is 0.0468. The van der Waals surface area contributed by atoms with E-state index in [4.69, 9.17) is 4.42 Å². The zero-order valence-corrected chi connectivity index (χ0v) is 16.7. The van der Waals surface area contributed by atoms with Crippen LogP contribution in [0.3, 0.4) is 0 Å². The molecule has 1 atom stereocenters. The second kappa shape index (κ2) is 8.66. The minimum Gasteiger partial charge on any atom is -0.456 e. The number of hydrogen-bond acceptors (Lipinski definition) is 7. The summed E-state index contributed by atoms with van der Waals surface area (Å²) in [6, 6.07) is 9.62. The number of furan rings is 1. The van der Waals surface area contributed by atoms with E-state index in [9.17, 15) is 19.7 Å². The first-order chi connectivity index (χ1) is 13.4. The van der Waals surface area contributed by atoms with Gasteiger partial charge >= 0.3 is 0 Å². The van der Waals surface area contributed by atoms with E-state index in [1.807, 2.05) is 0 Å². The molecule has 0 radical (unpaired) electrons. The van der Waals surface area contributed by atoms with Crippen LogP contribution in [0.2, 0.25) is 0 Å². The lowest BCUT2D eigenvalue weighted by Gasteiger charge is -2.18. The number of rotatable bonds is 7. The summed E-state index contributed by atoms with van der Waals surface area (Å²) in [6.07, 6.45) is 2.62. The van der Waals surface area contributed by atoms with Crippen molar-refractivity contribution in [1.29, 1.82) is 0 Å². The number of benzene rings is 1. The summed E-state index contributed by atoms with van der Waals surface area (Å²) in [6.45, 7) is 1.98. The number of Topliss-reactive ketones (excluding diaryl/α,β-unsaturated/α-hetero) is 1. The molecule has 1 aliphatic rings. The van der Waals surface area contributed by atoms with Gasteiger partial charge in [0.05, 0.1) is 15.4 Å². The monoisotopic (exact) mass is 418 g/mol. The van der Waals surface area contributed by atoms with Crippen LogP contribution in [-0.2, 0) is 9.59 Å². The van der Waals surface area contributed by atoms with E-state index in [0.29, 0.717) is 41.4 Å². The van der Waals surface area contributed by atoms with Gasteiger partial charge in [-0.2, -0.15) is 0 Å². The lowest BCUT2D eigenvalue weighted by Crippen LogP contribution is -2.30. The van der Waals surface area contributed by atoms with E-state index in [1.54, 1.807) is 41.3 Å². The number of thioether (sulfide) groups is 1. The first-order valence-electron chi connectivity index (χ1n) is 8.57. The van der Waals surface area contributed by atoms with Crippen LogP contribution in [0.15, 0.2) is 45.7 Å². The van der Waals surface area contributed by atoms with E-state index in [1.165, 1.54) is 24.8 Å². The zero-order valence-electron chi connectivity index (χ0n) is 15.0. The van der Waals surface area contributed by atoms with Crippen molar-refractivity contribution in [3.05, 3.63) is 57.2 Å². The van der Waals surface area contributed by atoms with Crippen LogP contribution in [0.25, 0.3) is 17.4 Å². The Balaban J connectivity index is 1.78. The molecule has 0 aliphatic carbocycles. The third-order valence-corrected chi connectivity index (χ3v) is 5.77. The molecule has 1 saturated heterocycles. The second-order valence-corrected chi connectivity index (χ2v) is 8.19. The van der Waals surface area contributed by atoms with Crippen molar-refractivity contribution in [3.8, 4) is 11.3 Å². The normalized spacial score (nSPS) is 18.1. The largest absolute Gasteiger partial charge is 0.456 e. The van der Waals surface area contributed by atoms with Crippen LogP contribution in [0.4, 0.5) is 5.69 Å². The number of nitrogens with zero attached hydrogens (tertiary/aromatic N) is 2. The maximum Gasteiger partial charge on any atom is 0.280 e. The van der Waals surface area contributed by atoms with Crippen LogP contribution >= 0.6 is 24.4 Å². The average molecular weight is 418 g/mol. The van der Waals surface area contributed by atoms with Crippen molar-refractivity contribution >= 4 is 47.8 Å². The molecule has 146 valence electrons. The number of nitro groups is 1. The number of para-hydroxylation sites is 1. The Kier molecular flexibility index (Phi) is 6.25. The highest BCUT2D eigenvalue weighted by atomic mass is 32.2. The molecule has 1 unspecified atom stereocenters. The van der Waals surface area contributed by atoms with Gasteiger partial charge in [0.1, 0.15) is 22.0 Å². The quantitative estimate of drug-likeness (QED) is 0.311. The van der Waals surface area contributed by atoms with E-state index in [2.05, 4.69) is 12.6 Å². The first-order valence-corrected chi connectivity index (χ1v) is 9.97. The summed E-state index contributed by atoms with van der Waals surface area (Å²) in [5, 5.41) is 11.2. The van der Waals surface area contributed by atoms with Crippen molar-refractivity contribution in [3.63, 3.8) is 0 Å². The molecule has 1 aromatic heterocycles. The number of ketones is 1. The molecule has 0 bridgehead atoms. The molecular formula is C19H18N2O5S2. The Labute approximate surface area is 171 Å². The second-order valence-electron chi connectivity index (χ2n) is 6.23. The van der Waals surface area contributed by atoms with Gasteiger partial charge in [-0.3, -0.25) is 14.9 Å². The average Bonchev–Trinajstić information content (AvgIpc) is 3.21. The maximum atomic E-state index is 12.6. The molecule has 7 nitrogen and oxygen atoms in total. The fraction of sp³-hybridized carbons (Fsp3) is 0.263. The van der Waals surface area contributed by atoms with Crippen LogP contribution in [-0.4, -0.2) is 32.8 Å². The third kappa shape index (κ3) is 4.48. The number of hydrogen-bond donors (Lipinski definition) is 1. The highest BCUT2D eigenvalue weighted by Gasteiger charge is 2.33. The standard InChI is InChI=1S/C19H18N2O5S2/c1-12(22)5-4-10-20-18(23)17(28-19(20)27)11-13-8-9-16(26-13)14-6-2-3-7-15(14)21(24)25/h2-3,6-9,11,19,27H,4-5,10H2,1H3/b17-11-. The topological polar surface area (TPSA) is 93.7 Å². The summed E-state index contributed by atoms with van der Waals surface area (Å²) in [5.41, 5.74) is 0.329. The number of nitro benzene ring substituents is 1. The van der Waals surface area contributed by atoms with E-state index < -0.39 is 4.92 Å². The number of carbonyl (C=O) groups is 2. The van der Waals surface area contributed by atoms with E-state index in [-0.39, 0.29) is 22.1 Å². The minimum atomic E-state index is -0.462. The van der Waals surface area contributed by atoms with Crippen LogP contribution < -0.4 is 0 Å². The summed E-state index contributed by atoms with van der Waals surface area (Å²) >= 11 is 5.73. The number of thiol groups is 1. The van der Waals surface area contributed by atoms with Gasteiger partial charge in [0.25, 0.3) is 11.6 Å². The Morgan fingerprint density at radius 1 is 1.36 bits per heavy atom. The van der Waals surface area contributed by atoms with Crippen molar-refractivity contribution in [2.45, 2.75) is 24.5 Å². The van der Waals surface area contributed by atoms with Gasteiger partial charge in [-0.05, 0) is 31.5 Å². The first kappa shape index (κ1) is 20.2. The van der Waals surface area contributed by atoms with Crippen molar-refractivity contribution in [2.24, 2.45) is 0 Å². The fourth-order valence-corrected chi connectivity index (χ4v) is 4.34. The molecule has 2 heterocycles. The Morgan fingerprint density at radius 3 is 2.82 bits per heavy atom. The lowest BCUT2D eigenvalue weighted by atomic mass is 10.1. The van der Waals surface area contributed by atoms with Crippen molar-refractivity contribution in [1.82, 2.24) is 4.90 Å². The summed E-state index contributed by atoms with van der Waals surface area (Å²) in [5.74, 6) is 0.701. The molecule has 1 aliphatic heterocycles. The lowest BCUT2D eigenvalue weighted by molar-refractivity contribution is -0.384. The molecule has 1 aromatic carbocycles. The number of carbonyl (C=O) groups excluding carboxylic acids is 2. The highest BCUT2D eigenvalue weighted by Crippen LogP contribution is 2.39. The molecule has 9 heteroatoms. The molecule has 1 amide bonds. The molecule has 1 fully saturated rings. The molecule has 0 saturated carbocycles. The predicted octanol–water partition coefficient (Wildman–Crippen LogP) is 4.35. The predicted molar refractivity (Wildman–Crippen MR) is 111 cm³/mol. The fourth-order valence-electron chi connectivity index (χ4n) is 2.82. The third-order valence-electron chi connectivity index (χ3n) is 4.16. The summed E-state index contributed by atoms with van der Waals surface area (Å²) < 4.78 is 5.40. The molecule has 3 rings (SSSR count). The zero-order chi connectivity index (χ0) is 20.3. The highest BCUT2D eigenvalue weighted by molar-refractivity contribution is 8.14. The SMILES string of the molecule is CC(=O)CCCN1C(=O)/C(=C/c2ccc(-c3ccccc3[N+](=O)[O-])o2)SC1S. The van der Waals surface area contributed by atoms with Crippen LogP contribution in [0, 0.1) is 10.1 Å². The summed E-state index contributed by atoms with van der Waals surface area (Å²) in [4.78, 5) is 36.5. The van der Waals surface area contributed by atoms with Crippen molar-refractivity contribution in [2.75, 3.05) is 6.54 Å². The smallest absolute Gasteiger partial charge is 0.280 e. The molecule has 0 spiro atoms. The Hall–Kier alpha value is -2.52. The van der Waals surface area contributed by atoms with Gasteiger partial charge in [0, 0.05) is 25.1 Å². The van der Waals surface area contributed by atoms with Crippen molar-refractivity contribution < 1.29 is 18.9 Å². The Morgan fingerprint density at radius 2 is 2.11 bits per heavy atom. The van der Waals surface area contributed by atoms with Crippen LogP contribution in [0.5, 0.6) is 0 Å². The van der Waals surface area contributed by atoms with Crippen LogP contribution in [0.1, 0.15) is 25.5 Å². The van der Waals surface area contributed by atoms with E-state index >= 15 is 0 Å². The molecular weight excluding hydrogens is 400 g/mol. The molecule has 0 N–H and O–H groups in total.